The van der Waals surface area contributed by atoms with Gasteiger partial charge < -0.3 is 9.64 Å². The number of rotatable bonds is 9. The summed E-state index contributed by atoms with van der Waals surface area (Å²) in [5.74, 6) is -0.267. The van der Waals surface area contributed by atoms with Gasteiger partial charge in [-0.1, -0.05) is 44.2 Å². The molecule has 0 saturated carbocycles. The molecule has 146 valence electrons. The number of hydrogen-bond donors (Lipinski definition) is 1. The zero-order chi connectivity index (χ0) is 19.6. The molecule has 0 aliphatic heterocycles. The topological polar surface area (TPSA) is 76.5 Å². The highest BCUT2D eigenvalue weighted by Crippen LogP contribution is 2.17. The molecule has 0 fully saturated rings. The summed E-state index contributed by atoms with van der Waals surface area (Å²) in [6.45, 7) is 7.85. The largest absolute Gasteiger partial charge is 0.462 e. The SMILES string of the molecule is CCCN(CCC)C(=O)Nc1nn(Cc2ccccc2)cc1C(=O)OCC. The Balaban J connectivity index is 2.23. The number of nitrogens with zero attached hydrogens (tertiary/aromatic N) is 3. The van der Waals surface area contributed by atoms with Crippen molar-refractivity contribution in [2.24, 2.45) is 0 Å². The van der Waals surface area contributed by atoms with Crippen molar-refractivity contribution in [2.75, 3.05) is 25.0 Å². The lowest BCUT2D eigenvalue weighted by Crippen LogP contribution is -2.36. The maximum absolute atomic E-state index is 12.6. The summed E-state index contributed by atoms with van der Waals surface area (Å²) in [5.41, 5.74) is 1.31. The summed E-state index contributed by atoms with van der Waals surface area (Å²) < 4.78 is 6.75. The van der Waals surface area contributed by atoms with E-state index in [9.17, 15) is 9.59 Å². The number of esters is 1. The standard InChI is InChI=1S/C20H28N4O3/c1-4-12-23(13-5-2)20(26)21-18-17(19(25)27-6-3)15-24(22-18)14-16-10-8-7-9-11-16/h7-11,15H,4-6,12-14H2,1-3H3,(H,21,22,26). The van der Waals surface area contributed by atoms with Gasteiger partial charge in [0.15, 0.2) is 5.82 Å². The van der Waals surface area contributed by atoms with E-state index in [0.29, 0.717) is 19.6 Å². The number of carbonyl (C=O) groups is 2. The van der Waals surface area contributed by atoms with Gasteiger partial charge in [0.05, 0.1) is 13.2 Å². The van der Waals surface area contributed by atoms with Crippen LogP contribution in [-0.2, 0) is 11.3 Å². The van der Waals surface area contributed by atoms with Crippen LogP contribution in [0.4, 0.5) is 10.6 Å². The van der Waals surface area contributed by atoms with Gasteiger partial charge in [0, 0.05) is 19.3 Å². The van der Waals surface area contributed by atoms with Crippen LogP contribution in [0, 0.1) is 0 Å². The van der Waals surface area contributed by atoms with E-state index in [-0.39, 0.29) is 24.0 Å². The first-order chi connectivity index (χ1) is 13.1. The number of aromatic nitrogens is 2. The van der Waals surface area contributed by atoms with Crippen LogP contribution in [0.25, 0.3) is 0 Å². The highest BCUT2D eigenvalue weighted by Gasteiger charge is 2.21. The first-order valence-electron chi connectivity index (χ1n) is 9.43. The summed E-state index contributed by atoms with van der Waals surface area (Å²) >= 11 is 0. The van der Waals surface area contributed by atoms with Gasteiger partial charge in [-0.25, -0.2) is 9.59 Å². The lowest BCUT2D eigenvalue weighted by atomic mass is 10.2. The molecule has 0 aliphatic rings. The molecule has 0 unspecified atom stereocenters. The Labute approximate surface area is 160 Å². The fourth-order valence-corrected chi connectivity index (χ4v) is 2.76. The second-order valence-electron chi connectivity index (χ2n) is 6.21. The Hall–Kier alpha value is -2.83. The third kappa shape index (κ3) is 5.84. The molecular formula is C20H28N4O3. The quantitative estimate of drug-likeness (QED) is 0.680. The first kappa shape index (κ1) is 20.5. The van der Waals surface area contributed by atoms with Crippen molar-refractivity contribution in [3.05, 3.63) is 47.7 Å². The zero-order valence-electron chi connectivity index (χ0n) is 16.3. The number of amides is 2. The number of urea groups is 1. The molecule has 7 nitrogen and oxygen atoms in total. The minimum Gasteiger partial charge on any atom is -0.462 e. The normalized spacial score (nSPS) is 10.5. The van der Waals surface area contributed by atoms with Gasteiger partial charge >= 0.3 is 12.0 Å². The molecule has 0 bridgehead atoms. The van der Waals surface area contributed by atoms with Gasteiger partial charge in [-0.15, -0.1) is 0 Å². The van der Waals surface area contributed by atoms with Gasteiger partial charge in [0.1, 0.15) is 5.56 Å². The number of ether oxygens (including phenoxy) is 1. The van der Waals surface area contributed by atoms with Crippen molar-refractivity contribution in [1.29, 1.82) is 0 Å². The maximum atomic E-state index is 12.6. The van der Waals surface area contributed by atoms with Crippen LogP contribution in [0.15, 0.2) is 36.5 Å². The fourth-order valence-electron chi connectivity index (χ4n) is 2.76. The lowest BCUT2D eigenvalue weighted by Gasteiger charge is -2.21. The van der Waals surface area contributed by atoms with Crippen LogP contribution in [0.1, 0.15) is 49.5 Å². The molecule has 0 spiro atoms. The smallest absolute Gasteiger partial charge is 0.343 e. The summed E-state index contributed by atoms with van der Waals surface area (Å²) in [5, 5.41) is 7.19. The summed E-state index contributed by atoms with van der Waals surface area (Å²) in [6.07, 6.45) is 3.34. The van der Waals surface area contributed by atoms with Gasteiger partial charge in [0.2, 0.25) is 0 Å². The Morgan fingerprint density at radius 1 is 1.11 bits per heavy atom. The molecule has 2 amide bonds. The van der Waals surface area contributed by atoms with Gasteiger partial charge in [-0.05, 0) is 25.3 Å². The molecule has 0 aliphatic carbocycles. The molecule has 0 radical (unpaired) electrons. The van der Waals surface area contributed by atoms with Gasteiger partial charge in [0.25, 0.3) is 0 Å². The van der Waals surface area contributed by atoms with E-state index >= 15 is 0 Å². The molecule has 0 atom stereocenters. The Bertz CT molecular complexity index is 737. The molecule has 27 heavy (non-hydrogen) atoms. The molecule has 2 rings (SSSR count). The average molecular weight is 372 g/mol. The predicted molar refractivity (Wildman–Crippen MR) is 105 cm³/mol. The second kappa shape index (κ2) is 10.4. The predicted octanol–water partition coefficient (Wildman–Crippen LogP) is 3.76. The van der Waals surface area contributed by atoms with Crippen LogP contribution >= 0.6 is 0 Å². The van der Waals surface area contributed by atoms with Crippen LogP contribution in [0.5, 0.6) is 0 Å². The third-order valence-electron chi connectivity index (χ3n) is 3.94. The van der Waals surface area contributed by atoms with Crippen LogP contribution in [-0.4, -0.2) is 46.4 Å². The zero-order valence-corrected chi connectivity index (χ0v) is 16.3. The number of nitrogens with one attached hydrogen (secondary N) is 1. The van der Waals surface area contributed by atoms with E-state index in [4.69, 9.17) is 4.74 Å². The maximum Gasteiger partial charge on any atom is 0.343 e. The second-order valence-corrected chi connectivity index (χ2v) is 6.21. The van der Waals surface area contributed by atoms with Crippen molar-refractivity contribution >= 4 is 17.8 Å². The summed E-state index contributed by atoms with van der Waals surface area (Å²) in [4.78, 5) is 26.6. The van der Waals surface area contributed by atoms with Crippen LogP contribution in [0.2, 0.25) is 0 Å². The van der Waals surface area contributed by atoms with E-state index in [1.165, 1.54) is 0 Å². The molecule has 2 aromatic rings. The monoisotopic (exact) mass is 372 g/mol. The van der Waals surface area contributed by atoms with E-state index in [1.54, 1.807) is 22.7 Å². The molecular weight excluding hydrogens is 344 g/mol. The lowest BCUT2D eigenvalue weighted by molar-refractivity contribution is 0.0527. The Kier molecular flexibility index (Phi) is 7.85. The van der Waals surface area contributed by atoms with Crippen molar-refractivity contribution in [2.45, 2.75) is 40.2 Å². The molecule has 1 heterocycles. The van der Waals surface area contributed by atoms with Crippen molar-refractivity contribution in [1.82, 2.24) is 14.7 Å². The molecule has 1 aromatic carbocycles. The highest BCUT2D eigenvalue weighted by atomic mass is 16.5. The van der Waals surface area contributed by atoms with Crippen molar-refractivity contribution < 1.29 is 14.3 Å². The highest BCUT2D eigenvalue weighted by molar-refractivity contribution is 5.99. The summed E-state index contributed by atoms with van der Waals surface area (Å²) in [7, 11) is 0. The Morgan fingerprint density at radius 2 is 1.78 bits per heavy atom. The van der Waals surface area contributed by atoms with Crippen molar-refractivity contribution in [3.63, 3.8) is 0 Å². The number of carbonyl (C=O) groups excluding carboxylic acids is 2. The summed E-state index contributed by atoms with van der Waals surface area (Å²) in [6, 6.07) is 9.54. The van der Waals surface area contributed by atoms with Gasteiger partial charge in [-0.2, -0.15) is 5.10 Å². The van der Waals surface area contributed by atoms with E-state index in [0.717, 1.165) is 18.4 Å². The fraction of sp³-hybridized carbons (Fsp3) is 0.450. The van der Waals surface area contributed by atoms with Gasteiger partial charge in [-0.3, -0.25) is 10.00 Å². The molecule has 1 N–H and O–H groups in total. The van der Waals surface area contributed by atoms with E-state index in [2.05, 4.69) is 10.4 Å². The minimum atomic E-state index is -0.496. The minimum absolute atomic E-state index is 0.228. The van der Waals surface area contributed by atoms with Crippen LogP contribution < -0.4 is 5.32 Å². The molecule has 1 aromatic heterocycles. The third-order valence-corrected chi connectivity index (χ3v) is 3.94. The van der Waals surface area contributed by atoms with E-state index in [1.807, 2.05) is 44.2 Å². The number of anilines is 1. The van der Waals surface area contributed by atoms with Crippen LogP contribution in [0.3, 0.4) is 0 Å². The first-order valence-corrected chi connectivity index (χ1v) is 9.43. The average Bonchev–Trinajstić information content (AvgIpc) is 3.04. The molecule has 7 heteroatoms. The molecule has 0 saturated heterocycles. The Morgan fingerprint density at radius 3 is 2.37 bits per heavy atom. The number of benzene rings is 1. The number of hydrogen-bond acceptors (Lipinski definition) is 4. The van der Waals surface area contributed by atoms with E-state index < -0.39 is 5.97 Å². The van der Waals surface area contributed by atoms with Crippen molar-refractivity contribution in [3.8, 4) is 0 Å².